The van der Waals surface area contributed by atoms with Crippen LogP contribution in [0.3, 0.4) is 0 Å². The van der Waals surface area contributed by atoms with Gasteiger partial charge in [0.2, 0.25) is 29.5 Å². The lowest BCUT2D eigenvalue weighted by Crippen LogP contribution is -2.58. The Hall–Kier alpha value is -3.22. The molecule has 0 spiro atoms. The van der Waals surface area contributed by atoms with Gasteiger partial charge in [-0.2, -0.15) is 0 Å². The molecule has 0 saturated heterocycles. The van der Waals surface area contributed by atoms with Crippen LogP contribution in [0.25, 0.3) is 0 Å². The molecule has 0 fully saturated rings. The van der Waals surface area contributed by atoms with Crippen molar-refractivity contribution in [2.75, 3.05) is 6.54 Å². The van der Waals surface area contributed by atoms with Crippen LogP contribution in [-0.2, 0) is 28.8 Å². The number of aliphatic hydroxyl groups excluding tert-OH is 1. The smallest absolute Gasteiger partial charge is 0.303 e. The van der Waals surface area contributed by atoms with Crippen molar-refractivity contribution in [2.24, 2.45) is 17.8 Å². The zero-order chi connectivity index (χ0) is 34.0. The van der Waals surface area contributed by atoms with Crippen LogP contribution in [0.4, 0.5) is 0 Å². The van der Waals surface area contributed by atoms with Crippen molar-refractivity contribution in [3.05, 3.63) is 0 Å². The first-order valence-electron chi connectivity index (χ1n) is 15.9. The molecule has 0 rings (SSSR count). The minimum atomic E-state index is -1.25. The van der Waals surface area contributed by atoms with Crippen molar-refractivity contribution in [3.63, 3.8) is 0 Å². The van der Waals surface area contributed by atoms with Crippen LogP contribution in [0.5, 0.6) is 0 Å². The minimum absolute atomic E-state index is 0. The molecule has 0 saturated carbocycles. The average Bonchev–Trinajstić information content (AvgIpc) is 2.92. The van der Waals surface area contributed by atoms with Gasteiger partial charge in [-0.1, -0.05) is 68.7 Å². The lowest BCUT2D eigenvalue weighted by atomic mass is 9.95. The van der Waals surface area contributed by atoms with E-state index < -0.39 is 59.9 Å². The van der Waals surface area contributed by atoms with E-state index in [4.69, 9.17) is 5.11 Å². The molecule has 0 aliphatic rings. The number of carboxylic acid groups (broad SMARTS) is 1. The summed E-state index contributed by atoms with van der Waals surface area (Å²) >= 11 is 0. The molecular weight excluding hydrogens is 582 g/mol. The molecule has 0 aliphatic carbocycles. The van der Waals surface area contributed by atoms with E-state index in [0.717, 1.165) is 0 Å². The molecule has 0 aromatic heterocycles. The van der Waals surface area contributed by atoms with Crippen LogP contribution < -0.4 is 26.6 Å². The van der Waals surface area contributed by atoms with E-state index >= 15 is 0 Å². The first-order valence-corrected chi connectivity index (χ1v) is 15.9. The molecule has 7 N–H and O–H groups in total. The second kappa shape index (κ2) is 23.2. The van der Waals surface area contributed by atoms with Gasteiger partial charge in [-0.3, -0.25) is 28.8 Å². The molecule has 5 amide bonds. The molecular formula is C32H61N5O8. The predicted molar refractivity (Wildman–Crippen MR) is 174 cm³/mol. The highest BCUT2D eigenvalue weighted by atomic mass is 16.4. The van der Waals surface area contributed by atoms with E-state index in [0.29, 0.717) is 32.2 Å². The summed E-state index contributed by atoms with van der Waals surface area (Å²) in [6, 6.07) is -3.45. The SMILES string of the molecule is C.CCC[C@H](NC(=O)[C@@H](NC(=O)CCCC(=O)O)[C@@H](C)CC)C(=O)N[C@@H](CC(C)C)[C@@H](O)CC(=O)N[C@H](C(=O)NCC)C(C)C. The topological polar surface area (TPSA) is 203 Å². The van der Waals surface area contributed by atoms with Crippen LogP contribution in [-0.4, -0.2) is 82.5 Å². The predicted octanol–water partition coefficient (Wildman–Crippen LogP) is 2.25. The van der Waals surface area contributed by atoms with Gasteiger partial charge in [-0.15, -0.1) is 0 Å². The van der Waals surface area contributed by atoms with Gasteiger partial charge < -0.3 is 36.8 Å². The van der Waals surface area contributed by atoms with Crippen LogP contribution in [0.15, 0.2) is 0 Å². The van der Waals surface area contributed by atoms with Crippen LogP contribution in [0.1, 0.15) is 114 Å². The summed E-state index contributed by atoms with van der Waals surface area (Å²) in [5.41, 5.74) is 0. The number of likely N-dealkylation sites (N-methyl/N-ethyl adjacent to an activating group) is 1. The highest BCUT2D eigenvalue weighted by Gasteiger charge is 2.33. The lowest BCUT2D eigenvalue weighted by Gasteiger charge is -2.30. The molecule has 45 heavy (non-hydrogen) atoms. The monoisotopic (exact) mass is 643 g/mol. The number of rotatable bonds is 22. The van der Waals surface area contributed by atoms with Gasteiger partial charge in [0, 0.05) is 19.4 Å². The van der Waals surface area contributed by atoms with Gasteiger partial charge in [0.1, 0.15) is 18.1 Å². The summed E-state index contributed by atoms with van der Waals surface area (Å²) in [6.45, 7) is 15.1. The zero-order valence-electron chi connectivity index (χ0n) is 27.8. The molecule has 6 atom stereocenters. The second-order valence-electron chi connectivity index (χ2n) is 12.2. The largest absolute Gasteiger partial charge is 0.481 e. The zero-order valence-corrected chi connectivity index (χ0v) is 27.8. The fourth-order valence-electron chi connectivity index (χ4n) is 4.65. The number of hydrogen-bond acceptors (Lipinski definition) is 7. The summed E-state index contributed by atoms with van der Waals surface area (Å²) in [4.78, 5) is 75.1. The van der Waals surface area contributed by atoms with Crippen molar-refractivity contribution in [3.8, 4) is 0 Å². The van der Waals surface area contributed by atoms with E-state index in [2.05, 4.69) is 26.6 Å². The molecule has 0 bridgehead atoms. The summed E-state index contributed by atoms with van der Waals surface area (Å²) < 4.78 is 0. The maximum absolute atomic E-state index is 13.4. The Labute approximate surface area is 269 Å². The number of carboxylic acids is 1. The van der Waals surface area contributed by atoms with Crippen molar-refractivity contribution < 1.29 is 39.0 Å². The molecule has 13 heteroatoms. The van der Waals surface area contributed by atoms with Crippen LogP contribution in [0, 0.1) is 17.8 Å². The summed E-state index contributed by atoms with van der Waals surface area (Å²) in [5, 5.41) is 33.5. The van der Waals surface area contributed by atoms with Gasteiger partial charge in [-0.25, -0.2) is 0 Å². The molecule has 0 aromatic carbocycles. The number of hydrogen-bond donors (Lipinski definition) is 7. The van der Waals surface area contributed by atoms with Gasteiger partial charge >= 0.3 is 5.97 Å². The standard InChI is InChI=1S/C31H57N5O8.CH4/c1-9-13-21(33-31(44)28(20(8)10-2)35-24(38)14-12-15-26(40)41)29(42)34-22(16-18(4)5)23(37)17-25(39)36-27(19(6)7)30(43)32-11-3;/h18-23,27-28,37H,9-17H2,1-8H3,(H,32,43)(H,33,44)(H,34,42)(H,35,38)(H,36,39)(H,40,41);1H4/t20-,21-,22-,23-,27-,28-;/m0./s1. The fourth-order valence-corrected chi connectivity index (χ4v) is 4.65. The highest BCUT2D eigenvalue weighted by molar-refractivity contribution is 5.92. The maximum atomic E-state index is 13.4. The third kappa shape index (κ3) is 17.8. The molecule has 13 nitrogen and oxygen atoms in total. The molecule has 0 heterocycles. The Kier molecular flexibility index (Phi) is 22.6. The molecule has 0 aromatic rings. The second-order valence-corrected chi connectivity index (χ2v) is 12.2. The molecule has 0 aliphatic heterocycles. The van der Waals surface area contributed by atoms with Crippen molar-refractivity contribution in [1.29, 1.82) is 0 Å². The lowest BCUT2D eigenvalue weighted by molar-refractivity contribution is -0.137. The Bertz CT molecular complexity index is 943. The third-order valence-corrected chi connectivity index (χ3v) is 7.35. The van der Waals surface area contributed by atoms with Gasteiger partial charge in [0.05, 0.1) is 18.6 Å². The van der Waals surface area contributed by atoms with E-state index in [-0.39, 0.29) is 56.8 Å². The third-order valence-electron chi connectivity index (χ3n) is 7.35. The number of carbonyl (C=O) groups is 6. The highest BCUT2D eigenvalue weighted by Crippen LogP contribution is 2.14. The van der Waals surface area contributed by atoms with Crippen molar-refractivity contribution in [1.82, 2.24) is 26.6 Å². The van der Waals surface area contributed by atoms with Crippen LogP contribution in [0.2, 0.25) is 0 Å². The average molecular weight is 644 g/mol. The maximum Gasteiger partial charge on any atom is 0.303 e. The molecule has 262 valence electrons. The van der Waals surface area contributed by atoms with E-state index in [1.54, 1.807) is 27.7 Å². The summed E-state index contributed by atoms with van der Waals surface area (Å²) in [6.07, 6.45) is 0.125. The first-order chi connectivity index (χ1) is 20.6. The number of carbonyl (C=O) groups excluding carboxylic acids is 5. The minimum Gasteiger partial charge on any atom is -0.481 e. The first kappa shape index (κ1) is 43.9. The number of amides is 5. The van der Waals surface area contributed by atoms with Crippen molar-refractivity contribution >= 4 is 35.5 Å². The number of nitrogens with one attached hydrogen (secondary N) is 5. The number of aliphatic carboxylic acids is 1. The van der Waals surface area contributed by atoms with E-state index in [1.807, 2.05) is 27.7 Å². The summed E-state index contributed by atoms with van der Waals surface area (Å²) in [7, 11) is 0. The normalized spacial score (nSPS) is 15.0. The molecule has 0 unspecified atom stereocenters. The number of aliphatic hydroxyl groups is 1. The van der Waals surface area contributed by atoms with Gasteiger partial charge in [-0.05, 0) is 43.9 Å². The molecule has 0 radical (unpaired) electrons. The fraction of sp³-hybridized carbons (Fsp3) is 0.812. The Morgan fingerprint density at radius 2 is 1.33 bits per heavy atom. The van der Waals surface area contributed by atoms with E-state index in [9.17, 15) is 33.9 Å². The van der Waals surface area contributed by atoms with Gasteiger partial charge in [0.15, 0.2) is 0 Å². The Morgan fingerprint density at radius 3 is 1.82 bits per heavy atom. The van der Waals surface area contributed by atoms with Crippen LogP contribution >= 0.6 is 0 Å². The van der Waals surface area contributed by atoms with Gasteiger partial charge in [0.25, 0.3) is 0 Å². The summed E-state index contributed by atoms with van der Waals surface area (Å²) in [5.74, 6) is -3.75. The van der Waals surface area contributed by atoms with Crippen molar-refractivity contribution in [2.45, 2.75) is 144 Å². The van der Waals surface area contributed by atoms with E-state index in [1.165, 1.54) is 0 Å². The Balaban J connectivity index is 0. The quantitative estimate of drug-likeness (QED) is 0.0930. The Morgan fingerprint density at radius 1 is 0.733 bits per heavy atom.